The van der Waals surface area contributed by atoms with Crippen LogP contribution in [0.25, 0.3) is 4.13 Å². The summed E-state index contributed by atoms with van der Waals surface area (Å²) < 4.78 is 103. The van der Waals surface area contributed by atoms with E-state index in [1.807, 2.05) is 6.92 Å². The molecule has 2 aliphatic rings. The van der Waals surface area contributed by atoms with Crippen LogP contribution in [-0.2, 0) is 72.8 Å². The molecule has 0 radical (unpaired) electrons. The van der Waals surface area contributed by atoms with Crippen molar-refractivity contribution >= 4 is 95.9 Å². The summed E-state index contributed by atoms with van der Waals surface area (Å²) in [6.45, 7) is 7.36. The van der Waals surface area contributed by atoms with Crippen LogP contribution in [0.4, 0.5) is 11.4 Å². The van der Waals surface area contributed by atoms with Crippen molar-refractivity contribution in [1.29, 1.82) is 0 Å². The number of unbranched alkanes of at least 4 members (excludes halogenated alkanes) is 6. The van der Waals surface area contributed by atoms with E-state index in [0.717, 1.165) is 51.4 Å². The third kappa shape index (κ3) is 32.7. The average Bonchev–Trinajstić information content (AvgIpc) is 0.898. The summed E-state index contributed by atoms with van der Waals surface area (Å²) in [6.07, 6.45) is 15.7. The summed E-state index contributed by atoms with van der Waals surface area (Å²) in [6, 6.07) is 109. The van der Waals surface area contributed by atoms with Crippen molar-refractivity contribution in [2.45, 2.75) is 183 Å². The summed E-state index contributed by atoms with van der Waals surface area (Å²) >= 11 is 0. The maximum absolute atomic E-state index is 12.2. The number of nitrogens with one attached hydrogen (secondary N) is 1. The summed E-state index contributed by atoms with van der Waals surface area (Å²) in [5, 5.41) is 25.5. The molecular formula is C93H108N6O10S7. The van der Waals surface area contributed by atoms with Crippen LogP contribution in [-0.4, -0.2) is 82.6 Å². The van der Waals surface area contributed by atoms with E-state index in [2.05, 4.69) is 303 Å². The fourth-order valence-corrected chi connectivity index (χ4v) is 23.7. The van der Waals surface area contributed by atoms with Gasteiger partial charge in [0, 0.05) is 48.6 Å². The van der Waals surface area contributed by atoms with E-state index in [1.54, 1.807) is 24.3 Å². The van der Waals surface area contributed by atoms with E-state index in [9.17, 15) is 43.9 Å². The fraction of sp³-hybridized carbons (Fsp3) is 0.269. The van der Waals surface area contributed by atoms with Crippen molar-refractivity contribution in [3.05, 3.63) is 326 Å². The Bertz CT molecular complexity index is 4550. The Kier molecular flexibility index (Phi) is 39.5. The molecule has 2 fully saturated rings. The number of hydrogen-bond donors (Lipinski definition) is 2. The number of rotatable bonds is 30. The van der Waals surface area contributed by atoms with Gasteiger partial charge in [-0.25, -0.2) is 16.8 Å². The molecular weight excluding hydrogens is 1590 g/mol. The zero-order valence-corrected chi connectivity index (χ0v) is 72.0. The van der Waals surface area contributed by atoms with Crippen LogP contribution in [0, 0.1) is 0 Å². The highest BCUT2D eigenvalue weighted by Gasteiger charge is 2.31. The number of benzene rings is 11. The fourth-order valence-electron chi connectivity index (χ4n) is 12.5. The standard InChI is InChI=1S/C19H30N2O3S.3C18H15S.C12H25N2O4S2.C8H10N2O3S/c1-2-3-4-5-6-7-10-19(22)20-25(23,24)18-13-11-17(12-14-18)21-15-8-9-16-21;3*1-4-10-16(11-5-1)19(17-12-6-2-7-13-17)18-14-8-3-9-15-18;1-2-3-10-19(15,16)14-20(17,18)11-9-13-12-7-5-4-6-8-12;1-6(11)10-14(12,13)8-4-2-7(9)3-5-8/h11-14H,2-10,15-16H2,1H3,(H,20,22);3*1-15H;12-13H,2-11H2,1H3;2-5H,9H2,1H3,(H,10,11)/q;3*+1;-1;/p-2. The lowest BCUT2D eigenvalue weighted by molar-refractivity contribution is -0.218. The number of nitrogens with zero attached hydrogens (tertiary/aromatic N) is 4. The lowest BCUT2D eigenvalue weighted by Crippen LogP contribution is -2.34. The van der Waals surface area contributed by atoms with Crippen LogP contribution in [0.5, 0.6) is 0 Å². The third-order valence-corrected chi connectivity index (χ3v) is 30.9. The van der Waals surface area contributed by atoms with E-state index < -0.39 is 51.9 Å². The molecule has 13 rings (SSSR count). The second kappa shape index (κ2) is 49.7. The van der Waals surface area contributed by atoms with Crippen LogP contribution in [0.2, 0.25) is 0 Å². The molecule has 1 saturated heterocycles. The van der Waals surface area contributed by atoms with Gasteiger partial charge in [0.2, 0.25) is 0 Å². The van der Waals surface area contributed by atoms with Crippen molar-refractivity contribution in [2.75, 3.05) is 41.8 Å². The van der Waals surface area contributed by atoms with Crippen molar-refractivity contribution in [1.82, 2.24) is 5.32 Å². The minimum atomic E-state index is -3.90. The van der Waals surface area contributed by atoms with Gasteiger partial charge in [0.15, 0.2) is 44.1 Å². The molecule has 0 spiro atoms. The molecule has 0 amide bonds. The maximum Gasteiger partial charge on any atom is 0.281 e. The van der Waals surface area contributed by atoms with Gasteiger partial charge in [-0.05, 0) is 221 Å². The Balaban J connectivity index is 0.000000175. The van der Waals surface area contributed by atoms with Crippen molar-refractivity contribution < 1.29 is 43.9 Å². The van der Waals surface area contributed by atoms with Gasteiger partial charge in [-0.3, -0.25) is 0 Å². The van der Waals surface area contributed by atoms with Crippen molar-refractivity contribution in [3.63, 3.8) is 0 Å². The summed E-state index contributed by atoms with van der Waals surface area (Å²) in [7, 11) is -15.5. The first-order chi connectivity index (χ1) is 56.1. The van der Waals surface area contributed by atoms with Crippen LogP contribution >= 0.6 is 0 Å². The van der Waals surface area contributed by atoms with E-state index in [4.69, 9.17) is 5.73 Å². The van der Waals surface area contributed by atoms with Crippen molar-refractivity contribution in [3.8, 4) is 0 Å². The van der Waals surface area contributed by atoms with Crippen LogP contribution in [0.3, 0.4) is 0 Å². The minimum absolute atomic E-state index is 0.0146. The van der Waals surface area contributed by atoms with Crippen LogP contribution in [0.1, 0.15) is 124 Å². The molecule has 1 saturated carbocycles. The molecule has 3 N–H and O–H groups in total. The zero-order valence-electron chi connectivity index (χ0n) is 66.3. The lowest BCUT2D eigenvalue weighted by Gasteiger charge is -2.24. The summed E-state index contributed by atoms with van der Waals surface area (Å²) in [5.41, 5.74) is 6.85. The van der Waals surface area contributed by atoms with E-state index >= 15 is 0 Å². The molecule has 0 aromatic heterocycles. The predicted octanol–water partition coefficient (Wildman–Crippen LogP) is 19.3. The Morgan fingerprint density at radius 3 is 1.02 bits per heavy atom. The SMILES string of the molecule is CC([O-])=NS(=O)(=O)c1ccc(N)cc1.CCCCCCCCC([O-])=NS(=O)(=O)c1ccc(N2CCCC2)cc1.CCCCS(=O)(=O)[N-]S(=O)(=O)CCNC1CCCCC1.c1ccc([S+](c2ccccc2)c2ccccc2)cc1.c1ccc([S+](c2ccccc2)c2ccccc2)cc1.c1ccc([S+](c2ccccc2)c2ccccc2)cc1. The first-order valence-corrected chi connectivity index (χ1v) is 49.2. The molecule has 1 heterocycles. The van der Waals surface area contributed by atoms with Crippen LogP contribution < -0.4 is 26.2 Å². The molecule has 16 nitrogen and oxygen atoms in total. The largest absolute Gasteiger partial charge is 0.861 e. The molecule has 11 aromatic rings. The van der Waals surface area contributed by atoms with Gasteiger partial charge in [-0.2, -0.15) is 25.6 Å². The number of anilines is 2. The maximum atomic E-state index is 12.2. The number of nitrogens with two attached hydrogens (primary N) is 1. The Labute approximate surface area is 699 Å². The quantitative estimate of drug-likeness (QED) is 0.0140. The Morgan fingerprint density at radius 1 is 0.388 bits per heavy atom. The Morgan fingerprint density at radius 2 is 0.690 bits per heavy atom. The van der Waals surface area contributed by atoms with E-state index in [1.165, 1.54) is 120 Å². The van der Waals surface area contributed by atoms with Gasteiger partial charge in [-0.15, -0.1) is 0 Å². The summed E-state index contributed by atoms with van der Waals surface area (Å²) in [4.78, 5) is 14.5. The van der Waals surface area contributed by atoms with Gasteiger partial charge in [0.05, 0.1) is 62.5 Å². The number of sulfonamides is 4. The van der Waals surface area contributed by atoms with E-state index in [-0.39, 0.29) is 66.9 Å². The predicted molar refractivity (Wildman–Crippen MR) is 477 cm³/mol. The second-order valence-corrected chi connectivity index (χ2v) is 40.4. The highest BCUT2D eigenvalue weighted by Crippen LogP contribution is 2.34. The summed E-state index contributed by atoms with van der Waals surface area (Å²) in [5.74, 6) is -1.74. The third-order valence-electron chi connectivity index (χ3n) is 18.2. The molecule has 0 unspecified atom stereocenters. The van der Waals surface area contributed by atoms with Gasteiger partial charge in [0.25, 0.3) is 20.0 Å². The molecule has 0 atom stereocenters. The molecule has 612 valence electrons. The van der Waals surface area contributed by atoms with Gasteiger partial charge >= 0.3 is 0 Å². The minimum Gasteiger partial charge on any atom is -0.861 e. The van der Waals surface area contributed by atoms with Crippen LogP contribution in [0.15, 0.2) is 384 Å². The normalized spacial score (nSPS) is 13.3. The lowest BCUT2D eigenvalue weighted by atomic mass is 9.96. The molecule has 11 aromatic carbocycles. The number of hydrogen-bond acceptors (Lipinski definition) is 13. The first kappa shape index (κ1) is 92.2. The van der Waals surface area contributed by atoms with E-state index in [0.29, 0.717) is 31.0 Å². The highest BCUT2D eigenvalue weighted by molar-refractivity contribution is 8.12. The number of nitrogen functional groups attached to an aromatic ring is 1. The van der Waals surface area contributed by atoms with Gasteiger partial charge in [-0.1, -0.05) is 235 Å². The molecule has 0 bridgehead atoms. The molecule has 1 aliphatic heterocycles. The average molecular weight is 1690 g/mol. The molecule has 116 heavy (non-hydrogen) atoms. The first-order valence-electron chi connectivity index (χ1n) is 39.5. The smallest absolute Gasteiger partial charge is 0.281 e. The zero-order chi connectivity index (χ0) is 82.7. The van der Waals surface area contributed by atoms with Crippen molar-refractivity contribution in [2.24, 2.45) is 8.80 Å². The Hall–Kier alpha value is -9.27. The second-order valence-electron chi connectivity index (χ2n) is 27.3. The monoisotopic (exact) mass is 1690 g/mol. The highest BCUT2D eigenvalue weighted by atomic mass is 32.3. The topological polar surface area (TPSA) is 263 Å². The molecule has 23 heteroatoms. The van der Waals surface area contributed by atoms with Gasteiger partial charge < -0.3 is 30.3 Å². The molecule has 1 aliphatic carbocycles. The van der Waals surface area contributed by atoms with Gasteiger partial charge in [0.1, 0.15) is 0 Å².